The van der Waals surface area contributed by atoms with Gasteiger partial charge in [-0.25, -0.2) is 0 Å². The van der Waals surface area contributed by atoms with Crippen LogP contribution in [-0.4, -0.2) is 23.3 Å². The number of ether oxygens (including phenoxy) is 1. The molecule has 3 aromatic rings. The molecule has 1 heterocycles. The molecule has 172 valence electrons. The quantitative estimate of drug-likeness (QED) is 0.435. The van der Waals surface area contributed by atoms with Gasteiger partial charge < -0.3 is 20.5 Å². The number of ketones is 2. The van der Waals surface area contributed by atoms with Crippen LogP contribution in [0.25, 0.3) is 0 Å². The molecule has 0 bridgehead atoms. The number of aromatic hydroxyl groups is 1. The smallest absolute Gasteiger partial charge is 0.193 e. The molecule has 3 aromatic carbocycles. The molecule has 3 N–H and O–H groups in total. The van der Waals surface area contributed by atoms with Crippen LogP contribution in [0.2, 0.25) is 0 Å². The maximum absolute atomic E-state index is 13.1. The van der Waals surface area contributed by atoms with Crippen molar-refractivity contribution >= 4 is 22.9 Å². The van der Waals surface area contributed by atoms with Crippen molar-refractivity contribution in [2.75, 3.05) is 17.2 Å². The van der Waals surface area contributed by atoms with Gasteiger partial charge in [0.1, 0.15) is 0 Å². The first kappa shape index (κ1) is 21.8. The third-order valence-corrected chi connectivity index (χ3v) is 6.26. The molecule has 6 heteroatoms. The van der Waals surface area contributed by atoms with Gasteiger partial charge in [0.15, 0.2) is 23.1 Å². The maximum Gasteiger partial charge on any atom is 0.193 e. The van der Waals surface area contributed by atoms with Gasteiger partial charge in [-0.2, -0.15) is 0 Å². The Hall–Kier alpha value is -4.06. The molecule has 1 atom stereocenters. The number of Topliss-reactive ketones (excluding diaryl/α,β-unsaturated/α-hetero) is 1. The summed E-state index contributed by atoms with van der Waals surface area (Å²) < 4.78 is 5.58. The van der Waals surface area contributed by atoms with Crippen LogP contribution in [0.15, 0.2) is 78.0 Å². The first-order valence-corrected chi connectivity index (χ1v) is 11.5. The molecule has 1 aliphatic heterocycles. The van der Waals surface area contributed by atoms with Crippen LogP contribution in [0.1, 0.15) is 53.7 Å². The van der Waals surface area contributed by atoms with E-state index < -0.39 is 6.04 Å². The topological polar surface area (TPSA) is 87.7 Å². The third kappa shape index (κ3) is 4.03. The summed E-state index contributed by atoms with van der Waals surface area (Å²) in [5.41, 5.74) is 5.13. The Kier molecular flexibility index (Phi) is 5.80. The van der Waals surface area contributed by atoms with E-state index >= 15 is 0 Å². The van der Waals surface area contributed by atoms with E-state index in [0.29, 0.717) is 35.5 Å². The normalized spacial score (nSPS) is 17.1. The van der Waals surface area contributed by atoms with Crippen molar-refractivity contribution in [1.29, 1.82) is 0 Å². The molecule has 0 amide bonds. The Morgan fingerprint density at radius 3 is 2.62 bits per heavy atom. The van der Waals surface area contributed by atoms with Crippen LogP contribution < -0.4 is 15.4 Å². The molecule has 0 saturated heterocycles. The van der Waals surface area contributed by atoms with Crippen LogP contribution in [0.5, 0.6) is 11.5 Å². The second-order valence-electron chi connectivity index (χ2n) is 8.49. The number of rotatable bonds is 5. The van der Waals surface area contributed by atoms with Crippen LogP contribution in [0.3, 0.4) is 0 Å². The number of benzene rings is 3. The Labute approximate surface area is 198 Å². The van der Waals surface area contributed by atoms with E-state index in [4.69, 9.17) is 4.74 Å². The molecular formula is C28H26N2O4. The summed E-state index contributed by atoms with van der Waals surface area (Å²) in [5.74, 6) is 0.477. The predicted octanol–water partition coefficient (Wildman–Crippen LogP) is 5.61. The highest BCUT2D eigenvalue weighted by Crippen LogP contribution is 2.42. The van der Waals surface area contributed by atoms with E-state index in [1.54, 1.807) is 36.4 Å². The fourth-order valence-corrected chi connectivity index (χ4v) is 4.62. The zero-order valence-corrected chi connectivity index (χ0v) is 18.9. The van der Waals surface area contributed by atoms with Crippen molar-refractivity contribution in [2.24, 2.45) is 0 Å². The van der Waals surface area contributed by atoms with Gasteiger partial charge in [0, 0.05) is 28.8 Å². The average molecular weight is 455 g/mol. The first-order valence-electron chi connectivity index (χ1n) is 11.5. The van der Waals surface area contributed by atoms with E-state index in [-0.39, 0.29) is 17.3 Å². The number of nitrogens with one attached hydrogen (secondary N) is 2. The number of hydrogen-bond acceptors (Lipinski definition) is 6. The first-order chi connectivity index (χ1) is 16.5. The molecule has 0 radical (unpaired) electrons. The van der Waals surface area contributed by atoms with Crippen LogP contribution in [0, 0.1) is 0 Å². The summed E-state index contributed by atoms with van der Waals surface area (Å²) in [6, 6.07) is 19.5. The number of phenolic OH excluding ortho intramolecular Hbond substituents is 1. The fraction of sp³-hybridized carbons (Fsp3) is 0.214. The van der Waals surface area contributed by atoms with E-state index in [9.17, 15) is 14.7 Å². The van der Waals surface area contributed by atoms with Gasteiger partial charge in [0.25, 0.3) is 0 Å². The Bertz CT molecular complexity index is 1300. The van der Waals surface area contributed by atoms with Crippen LogP contribution in [0.4, 0.5) is 11.4 Å². The molecule has 0 fully saturated rings. The summed E-state index contributed by atoms with van der Waals surface area (Å²) in [5, 5.41) is 17.1. The second-order valence-corrected chi connectivity index (χ2v) is 8.49. The van der Waals surface area contributed by atoms with Gasteiger partial charge in [-0.3, -0.25) is 9.59 Å². The molecule has 6 nitrogen and oxygen atoms in total. The lowest BCUT2D eigenvalue weighted by Gasteiger charge is -2.25. The van der Waals surface area contributed by atoms with Gasteiger partial charge in [-0.05, 0) is 55.7 Å². The molecule has 0 unspecified atom stereocenters. The maximum atomic E-state index is 13.1. The van der Waals surface area contributed by atoms with Gasteiger partial charge in [-0.15, -0.1) is 0 Å². The summed E-state index contributed by atoms with van der Waals surface area (Å²) in [6.45, 7) is 2.28. The summed E-state index contributed by atoms with van der Waals surface area (Å²) in [4.78, 5) is 26.1. The Morgan fingerprint density at radius 1 is 1.00 bits per heavy atom. The van der Waals surface area contributed by atoms with Crippen molar-refractivity contribution in [3.05, 3.63) is 94.7 Å². The number of carbonyl (C=O) groups is 2. The van der Waals surface area contributed by atoms with Crippen molar-refractivity contribution in [3.63, 3.8) is 0 Å². The fourth-order valence-electron chi connectivity index (χ4n) is 4.62. The predicted molar refractivity (Wildman–Crippen MR) is 131 cm³/mol. The summed E-state index contributed by atoms with van der Waals surface area (Å²) in [6.07, 6.45) is 2.00. The van der Waals surface area contributed by atoms with Crippen LogP contribution in [-0.2, 0) is 4.79 Å². The van der Waals surface area contributed by atoms with Crippen molar-refractivity contribution < 1.29 is 19.4 Å². The Morgan fingerprint density at radius 2 is 1.82 bits per heavy atom. The molecule has 0 aromatic heterocycles. The molecule has 0 saturated carbocycles. The minimum atomic E-state index is -0.410. The standard InChI is InChI=1S/C28H26N2O4/c1-2-34-25-16-18(12-14-23(25)31)27-26-21(9-6-10-24(26)32)29-22-15-19(11-13-20(22)30-27)28(33)17-7-4-3-5-8-17/h3-5,7-8,11-16,27,29-31H,2,6,9-10H2,1H3/t27-/m0/s1. The number of hydrogen-bond donors (Lipinski definition) is 3. The molecule has 34 heavy (non-hydrogen) atoms. The summed E-state index contributed by atoms with van der Waals surface area (Å²) >= 11 is 0. The molecule has 2 aliphatic rings. The number of phenols is 1. The molecular weight excluding hydrogens is 428 g/mol. The molecule has 5 rings (SSSR count). The Balaban J connectivity index is 1.58. The number of fused-ring (bicyclic) bond motifs is 1. The molecule has 0 spiro atoms. The lowest BCUT2D eigenvalue weighted by Crippen LogP contribution is -2.23. The van der Waals surface area contributed by atoms with Crippen molar-refractivity contribution in [2.45, 2.75) is 32.2 Å². The van der Waals surface area contributed by atoms with Gasteiger partial charge >= 0.3 is 0 Å². The minimum Gasteiger partial charge on any atom is -0.504 e. The van der Waals surface area contributed by atoms with Gasteiger partial charge in [-0.1, -0.05) is 36.4 Å². The van der Waals surface area contributed by atoms with Crippen LogP contribution >= 0.6 is 0 Å². The average Bonchev–Trinajstić information content (AvgIpc) is 3.02. The highest BCUT2D eigenvalue weighted by Gasteiger charge is 2.32. The van der Waals surface area contributed by atoms with E-state index in [1.807, 2.05) is 37.3 Å². The second kappa shape index (κ2) is 9.06. The number of allylic oxidation sites excluding steroid dienone is 1. The lowest BCUT2D eigenvalue weighted by molar-refractivity contribution is -0.116. The third-order valence-electron chi connectivity index (χ3n) is 6.26. The van der Waals surface area contributed by atoms with Crippen molar-refractivity contribution in [3.8, 4) is 11.5 Å². The van der Waals surface area contributed by atoms with Crippen molar-refractivity contribution in [1.82, 2.24) is 0 Å². The highest BCUT2D eigenvalue weighted by atomic mass is 16.5. The van der Waals surface area contributed by atoms with E-state index in [0.717, 1.165) is 35.5 Å². The number of anilines is 2. The zero-order valence-electron chi connectivity index (χ0n) is 18.9. The van der Waals surface area contributed by atoms with Gasteiger partial charge in [0.2, 0.25) is 0 Å². The monoisotopic (exact) mass is 454 g/mol. The lowest BCUT2D eigenvalue weighted by atomic mass is 9.86. The van der Waals surface area contributed by atoms with E-state index in [1.165, 1.54) is 0 Å². The SMILES string of the molecule is CCOc1cc([C@@H]2Nc3ccc(C(=O)c4ccccc4)cc3NC3=C2C(=O)CCC3)ccc1O. The summed E-state index contributed by atoms with van der Waals surface area (Å²) in [7, 11) is 0. The number of carbonyl (C=O) groups excluding carboxylic acids is 2. The largest absolute Gasteiger partial charge is 0.504 e. The minimum absolute atomic E-state index is 0.0557. The zero-order chi connectivity index (χ0) is 23.7. The molecule has 1 aliphatic carbocycles. The highest BCUT2D eigenvalue weighted by molar-refractivity contribution is 6.10. The van der Waals surface area contributed by atoms with E-state index in [2.05, 4.69) is 10.6 Å². The van der Waals surface area contributed by atoms with Gasteiger partial charge in [0.05, 0.1) is 24.0 Å².